The lowest BCUT2D eigenvalue weighted by Gasteiger charge is -2.00. The molecule has 17 heavy (non-hydrogen) atoms. The van der Waals surface area contributed by atoms with Gasteiger partial charge in [-0.25, -0.2) is 0 Å². The van der Waals surface area contributed by atoms with E-state index in [9.17, 15) is 10.1 Å². The second kappa shape index (κ2) is 5.21. The van der Waals surface area contributed by atoms with Crippen LogP contribution in [0.5, 0.6) is 0 Å². The fourth-order valence-corrected chi connectivity index (χ4v) is 1.59. The maximum atomic E-state index is 10.5. The summed E-state index contributed by atoms with van der Waals surface area (Å²) >= 11 is 0. The van der Waals surface area contributed by atoms with Crippen LogP contribution in [-0.2, 0) is 12.8 Å². The summed E-state index contributed by atoms with van der Waals surface area (Å²) in [5.74, 6) is 0. The van der Waals surface area contributed by atoms with Gasteiger partial charge in [0.1, 0.15) is 6.20 Å². The van der Waals surface area contributed by atoms with Crippen molar-refractivity contribution in [2.24, 2.45) is 0 Å². The zero-order valence-electron chi connectivity index (χ0n) is 9.24. The van der Waals surface area contributed by atoms with Crippen molar-refractivity contribution in [3.63, 3.8) is 0 Å². The monoisotopic (exact) mass is 228 g/mol. The van der Waals surface area contributed by atoms with Crippen LogP contribution in [0.1, 0.15) is 11.3 Å². The van der Waals surface area contributed by atoms with E-state index in [1.54, 1.807) is 6.07 Å². The van der Waals surface area contributed by atoms with E-state index in [2.05, 4.69) is 17.1 Å². The van der Waals surface area contributed by atoms with Gasteiger partial charge in [0.15, 0.2) is 0 Å². The van der Waals surface area contributed by atoms with Gasteiger partial charge in [-0.3, -0.25) is 15.1 Å². The van der Waals surface area contributed by atoms with Crippen LogP contribution in [-0.4, -0.2) is 9.91 Å². The molecule has 1 aromatic carbocycles. The van der Waals surface area contributed by atoms with Gasteiger partial charge >= 0.3 is 0 Å². The van der Waals surface area contributed by atoms with E-state index in [0.717, 1.165) is 18.5 Å². The Hall–Kier alpha value is -2.23. The maximum absolute atomic E-state index is 10.5. The predicted molar refractivity (Wildman–Crippen MR) is 64.7 cm³/mol. The third kappa shape index (κ3) is 3.11. The molecule has 0 radical (unpaired) electrons. The third-order valence-corrected chi connectivity index (χ3v) is 2.53. The number of aryl methyl sites for hydroxylation is 2. The highest BCUT2D eigenvalue weighted by Gasteiger charge is 2.05. The van der Waals surface area contributed by atoms with Crippen molar-refractivity contribution in [3.8, 4) is 0 Å². The van der Waals surface area contributed by atoms with Gasteiger partial charge in [0, 0.05) is 11.8 Å². The van der Waals surface area contributed by atoms with Gasteiger partial charge in [0.25, 0.3) is 5.69 Å². The summed E-state index contributed by atoms with van der Waals surface area (Å²) in [5, 5.41) is 10.5. The highest BCUT2D eigenvalue weighted by Crippen LogP contribution is 2.10. The van der Waals surface area contributed by atoms with Gasteiger partial charge in [0.2, 0.25) is 0 Å². The van der Waals surface area contributed by atoms with Gasteiger partial charge in [0.05, 0.1) is 4.92 Å². The van der Waals surface area contributed by atoms with Crippen LogP contribution in [0.15, 0.2) is 48.7 Å². The molecule has 4 heteroatoms. The molecule has 1 aromatic heterocycles. The van der Waals surface area contributed by atoms with Crippen molar-refractivity contribution >= 4 is 5.69 Å². The van der Waals surface area contributed by atoms with Crippen LogP contribution in [0.2, 0.25) is 0 Å². The van der Waals surface area contributed by atoms with Gasteiger partial charge < -0.3 is 0 Å². The van der Waals surface area contributed by atoms with Crippen molar-refractivity contribution in [2.75, 3.05) is 0 Å². The molecule has 2 rings (SSSR count). The zero-order valence-corrected chi connectivity index (χ0v) is 9.24. The van der Waals surface area contributed by atoms with Gasteiger partial charge in [-0.05, 0) is 24.5 Å². The Morgan fingerprint density at radius 1 is 1.06 bits per heavy atom. The first-order valence-corrected chi connectivity index (χ1v) is 5.39. The molecule has 4 nitrogen and oxygen atoms in total. The Morgan fingerprint density at radius 2 is 1.82 bits per heavy atom. The van der Waals surface area contributed by atoms with Crippen molar-refractivity contribution in [1.29, 1.82) is 0 Å². The number of aromatic nitrogens is 1. The molecule has 0 bridgehead atoms. The van der Waals surface area contributed by atoms with Crippen LogP contribution < -0.4 is 0 Å². The molecule has 0 unspecified atom stereocenters. The topological polar surface area (TPSA) is 56.0 Å². The Balaban J connectivity index is 1.98. The summed E-state index contributed by atoms with van der Waals surface area (Å²) in [6, 6.07) is 13.3. The minimum Gasteiger partial charge on any atom is -0.258 e. The van der Waals surface area contributed by atoms with E-state index in [-0.39, 0.29) is 5.69 Å². The average molecular weight is 228 g/mol. The molecule has 0 atom stereocenters. The van der Waals surface area contributed by atoms with Crippen LogP contribution in [0, 0.1) is 10.1 Å². The van der Waals surface area contributed by atoms with E-state index < -0.39 is 4.92 Å². The predicted octanol–water partition coefficient (Wildman–Crippen LogP) is 2.78. The molecule has 0 N–H and O–H groups in total. The lowest BCUT2D eigenvalue weighted by molar-refractivity contribution is -0.385. The first-order chi connectivity index (χ1) is 8.25. The number of nitrogens with zero attached hydrogens (tertiary/aromatic N) is 2. The number of nitro groups is 1. The highest BCUT2D eigenvalue weighted by molar-refractivity contribution is 5.27. The number of pyridine rings is 1. The quantitative estimate of drug-likeness (QED) is 0.597. The molecule has 0 aliphatic heterocycles. The molecular weight excluding hydrogens is 216 g/mol. The van der Waals surface area contributed by atoms with Crippen LogP contribution in [0.3, 0.4) is 0 Å². The van der Waals surface area contributed by atoms with Crippen LogP contribution in [0.25, 0.3) is 0 Å². The van der Waals surface area contributed by atoms with Crippen molar-refractivity contribution in [1.82, 2.24) is 4.98 Å². The average Bonchev–Trinajstić information content (AvgIpc) is 2.38. The minimum absolute atomic E-state index is 0.0356. The molecule has 0 aliphatic rings. The van der Waals surface area contributed by atoms with E-state index in [0.29, 0.717) is 0 Å². The molecule has 0 aliphatic carbocycles. The number of hydrogen-bond donors (Lipinski definition) is 0. The SMILES string of the molecule is O=[N+]([O-])c1ccc(CCc2ccccc2)nc1. The normalized spacial score (nSPS) is 10.1. The second-order valence-corrected chi connectivity index (χ2v) is 3.75. The molecule has 0 amide bonds. The fourth-order valence-electron chi connectivity index (χ4n) is 1.59. The maximum Gasteiger partial charge on any atom is 0.287 e. The summed E-state index contributed by atoms with van der Waals surface area (Å²) in [4.78, 5) is 14.1. The first-order valence-electron chi connectivity index (χ1n) is 5.39. The van der Waals surface area contributed by atoms with Gasteiger partial charge in [-0.15, -0.1) is 0 Å². The Morgan fingerprint density at radius 3 is 2.41 bits per heavy atom. The second-order valence-electron chi connectivity index (χ2n) is 3.75. The molecule has 0 saturated heterocycles. The van der Waals surface area contributed by atoms with E-state index >= 15 is 0 Å². The molecule has 0 spiro atoms. The summed E-state index contributed by atoms with van der Waals surface area (Å²) < 4.78 is 0. The van der Waals surface area contributed by atoms with Crippen molar-refractivity contribution in [3.05, 3.63) is 70.0 Å². The molecule has 0 saturated carbocycles. The number of benzene rings is 1. The standard InChI is InChI=1S/C13H12N2O2/c16-15(17)13-9-8-12(14-10-13)7-6-11-4-2-1-3-5-11/h1-5,8-10H,6-7H2. The minimum atomic E-state index is -0.437. The summed E-state index contributed by atoms with van der Waals surface area (Å²) in [7, 11) is 0. The van der Waals surface area contributed by atoms with Crippen LogP contribution in [0.4, 0.5) is 5.69 Å². The lowest BCUT2D eigenvalue weighted by atomic mass is 10.1. The Bertz CT molecular complexity index is 495. The Kier molecular flexibility index (Phi) is 3.45. The molecule has 0 fully saturated rings. The molecule has 1 heterocycles. The number of rotatable bonds is 4. The largest absolute Gasteiger partial charge is 0.287 e. The number of hydrogen-bond acceptors (Lipinski definition) is 3. The third-order valence-electron chi connectivity index (χ3n) is 2.53. The summed E-state index contributed by atoms with van der Waals surface area (Å²) in [6.45, 7) is 0. The van der Waals surface area contributed by atoms with Crippen LogP contribution >= 0.6 is 0 Å². The summed E-state index contributed by atoms with van der Waals surface area (Å²) in [5.41, 5.74) is 2.15. The van der Waals surface area contributed by atoms with E-state index in [1.165, 1.54) is 17.8 Å². The van der Waals surface area contributed by atoms with E-state index in [1.807, 2.05) is 18.2 Å². The highest BCUT2D eigenvalue weighted by atomic mass is 16.6. The summed E-state index contributed by atoms with van der Waals surface area (Å²) in [6.07, 6.45) is 2.99. The molecule has 86 valence electrons. The fraction of sp³-hybridized carbons (Fsp3) is 0.154. The van der Waals surface area contributed by atoms with Gasteiger partial charge in [-0.2, -0.15) is 0 Å². The Labute approximate surface area is 99.1 Å². The smallest absolute Gasteiger partial charge is 0.258 e. The molecular formula is C13H12N2O2. The molecule has 2 aromatic rings. The zero-order chi connectivity index (χ0) is 12.1. The van der Waals surface area contributed by atoms with E-state index in [4.69, 9.17) is 0 Å². The first kappa shape index (κ1) is 11.3. The lowest BCUT2D eigenvalue weighted by Crippen LogP contribution is -1.95. The van der Waals surface area contributed by atoms with Gasteiger partial charge in [-0.1, -0.05) is 30.3 Å². The van der Waals surface area contributed by atoms with Crippen molar-refractivity contribution < 1.29 is 4.92 Å². The van der Waals surface area contributed by atoms with Crippen molar-refractivity contribution in [2.45, 2.75) is 12.8 Å².